The van der Waals surface area contributed by atoms with Crippen LogP contribution in [-0.4, -0.2) is 22.4 Å². The highest BCUT2D eigenvalue weighted by molar-refractivity contribution is 6.31. The Balaban J connectivity index is 0.000000192. The molecule has 0 N–H and O–H groups in total. The van der Waals surface area contributed by atoms with Crippen LogP contribution in [-0.2, 0) is 17.7 Å². The van der Waals surface area contributed by atoms with Gasteiger partial charge in [0.1, 0.15) is 0 Å². The van der Waals surface area contributed by atoms with Crippen LogP contribution in [0.2, 0.25) is 5.02 Å². The first-order valence-electron chi connectivity index (χ1n) is 13.0. The van der Waals surface area contributed by atoms with Crippen molar-refractivity contribution in [3.05, 3.63) is 63.5 Å². The van der Waals surface area contributed by atoms with Crippen molar-refractivity contribution in [2.24, 2.45) is 5.92 Å². The summed E-state index contributed by atoms with van der Waals surface area (Å²) < 4.78 is 7.04. The molecule has 186 valence electrons. The van der Waals surface area contributed by atoms with E-state index in [4.69, 9.17) is 16.3 Å². The molecule has 1 heterocycles. The molecule has 0 radical (unpaired) electrons. The Kier molecular flexibility index (Phi) is 9.41. The van der Waals surface area contributed by atoms with Gasteiger partial charge >= 0.3 is 5.97 Å². The number of allylic oxidation sites excluding steroid dienone is 1. The van der Waals surface area contributed by atoms with Gasteiger partial charge < -0.3 is 4.74 Å². The van der Waals surface area contributed by atoms with Crippen LogP contribution < -0.4 is 0 Å². The molecule has 1 fully saturated rings. The van der Waals surface area contributed by atoms with Crippen molar-refractivity contribution >= 4 is 17.6 Å². The van der Waals surface area contributed by atoms with Gasteiger partial charge in [-0.3, -0.25) is 4.68 Å². The van der Waals surface area contributed by atoms with Crippen LogP contribution in [0.15, 0.2) is 30.4 Å². The number of rotatable bonds is 10. The van der Waals surface area contributed by atoms with E-state index >= 15 is 0 Å². The lowest BCUT2D eigenvalue weighted by Gasteiger charge is -2.19. The van der Waals surface area contributed by atoms with Crippen molar-refractivity contribution in [1.82, 2.24) is 9.78 Å². The van der Waals surface area contributed by atoms with Gasteiger partial charge in [-0.2, -0.15) is 5.10 Å². The van der Waals surface area contributed by atoms with Gasteiger partial charge in [0.15, 0.2) is 5.69 Å². The van der Waals surface area contributed by atoms with E-state index in [9.17, 15) is 4.79 Å². The van der Waals surface area contributed by atoms with Gasteiger partial charge in [0.2, 0.25) is 0 Å². The van der Waals surface area contributed by atoms with Crippen LogP contribution >= 0.6 is 11.6 Å². The number of carbonyl (C=O) groups excluding carboxylic acids is 1. The second-order valence-electron chi connectivity index (χ2n) is 9.93. The maximum Gasteiger partial charge on any atom is 0.359 e. The first kappa shape index (κ1) is 26.5. The molecule has 2 aliphatic carbocycles. The topological polar surface area (TPSA) is 44.1 Å². The van der Waals surface area contributed by atoms with Gasteiger partial charge in [-0.25, -0.2) is 4.79 Å². The number of halogens is 1. The molecule has 1 aromatic carbocycles. The highest BCUT2D eigenvalue weighted by atomic mass is 35.5. The van der Waals surface area contributed by atoms with Crippen LogP contribution in [0.1, 0.15) is 111 Å². The van der Waals surface area contributed by atoms with E-state index in [0.717, 1.165) is 28.5 Å². The maximum atomic E-state index is 11.9. The van der Waals surface area contributed by atoms with Gasteiger partial charge in [-0.15, -0.1) is 0 Å². The van der Waals surface area contributed by atoms with Crippen LogP contribution in [0.3, 0.4) is 0 Å². The highest BCUT2D eigenvalue weighted by Crippen LogP contribution is 2.57. The van der Waals surface area contributed by atoms with Gasteiger partial charge in [0.05, 0.1) is 13.2 Å². The summed E-state index contributed by atoms with van der Waals surface area (Å²) in [6.07, 6.45) is 8.68. The van der Waals surface area contributed by atoms with Crippen LogP contribution in [0.5, 0.6) is 0 Å². The summed E-state index contributed by atoms with van der Waals surface area (Å²) >= 11 is 6.19. The summed E-state index contributed by atoms with van der Waals surface area (Å²) in [5.74, 6) is 1.71. The molecule has 0 aliphatic heterocycles. The van der Waals surface area contributed by atoms with Gasteiger partial charge in [0, 0.05) is 16.3 Å². The van der Waals surface area contributed by atoms with E-state index in [-0.39, 0.29) is 5.97 Å². The summed E-state index contributed by atoms with van der Waals surface area (Å²) in [6, 6.07) is 6.32. The number of unbranched alkanes of at least 4 members (excludes halogenated alkanes) is 1. The van der Waals surface area contributed by atoms with Gasteiger partial charge in [-0.05, 0) is 81.4 Å². The Morgan fingerprint density at radius 2 is 2.03 bits per heavy atom. The van der Waals surface area contributed by atoms with Crippen molar-refractivity contribution in [3.8, 4) is 0 Å². The molecule has 5 heteroatoms. The molecule has 3 atom stereocenters. The fourth-order valence-corrected chi connectivity index (χ4v) is 5.43. The summed E-state index contributed by atoms with van der Waals surface area (Å²) in [4.78, 5) is 11.9. The van der Waals surface area contributed by atoms with Crippen molar-refractivity contribution in [2.75, 3.05) is 6.61 Å². The van der Waals surface area contributed by atoms with Crippen molar-refractivity contribution in [3.63, 3.8) is 0 Å². The molecule has 0 spiro atoms. The van der Waals surface area contributed by atoms with E-state index < -0.39 is 0 Å². The van der Waals surface area contributed by atoms with E-state index in [1.54, 1.807) is 0 Å². The largest absolute Gasteiger partial charge is 0.461 e. The van der Waals surface area contributed by atoms with Gasteiger partial charge in [0.25, 0.3) is 0 Å². The standard InChI is InChI=1S/C15H23Cl.C14H18N2O2/c1-4-6-9-13(8-5-2)14-10-7-11-15(16)12(14)3;1-4-18-14(17)13-12-10-5-9(10)6-11(12)16(15-13)7-8(2)3/h7,10-11,13H,4-6,8-9H2,1-3H3;9-10H,2,4-7H2,1,3H3. The summed E-state index contributed by atoms with van der Waals surface area (Å²) in [7, 11) is 0. The quantitative estimate of drug-likeness (QED) is 0.253. The zero-order valence-corrected chi connectivity index (χ0v) is 22.4. The fraction of sp³-hybridized carbons (Fsp3) is 0.586. The number of aromatic nitrogens is 2. The lowest BCUT2D eigenvalue weighted by Crippen LogP contribution is -2.10. The number of benzene rings is 1. The van der Waals surface area contributed by atoms with Crippen molar-refractivity contribution in [1.29, 1.82) is 0 Å². The Morgan fingerprint density at radius 1 is 1.26 bits per heavy atom. The Morgan fingerprint density at radius 3 is 2.68 bits per heavy atom. The van der Waals surface area contributed by atoms with Crippen LogP contribution in [0.25, 0.3) is 0 Å². The summed E-state index contributed by atoms with van der Waals surface area (Å²) in [5.41, 5.74) is 6.71. The SMILES string of the molecule is C=C(C)Cn1nc(C(=O)OCC)c2c1CC1CC21.CCCCC(CCC)c1cccc(Cl)c1C. The van der Waals surface area contributed by atoms with Gasteiger partial charge in [-0.1, -0.05) is 69.0 Å². The lowest BCUT2D eigenvalue weighted by molar-refractivity contribution is 0.0517. The highest BCUT2D eigenvalue weighted by Gasteiger charge is 2.50. The maximum absolute atomic E-state index is 11.9. The van der Waals surface area contributed by atoms with Crippen LogP contribution in [0.4, 0.5) is 0 Å². The summed E-state index contributed by atoms with van der Waals surface area (Å²) in [5, 5.41) is 5.36. The first-order valence-corrected chi connectivity index (χ1v) is 13.4. The number of hydrogen-bond acceptors (Lipinski definition) is 3. The normalized spacial score (nSPS) is 18.4. The molecular formula is C29H41ClN2O2. The predicted octanol–water partition coefficient (Wildman–Crippen LogP) is 8.02. The second kappa shape index (κ2) is 12.1. The number of ether oxygens (including phenoxy) is 1. The van der Waals surface area contributed by atoms with E-state index in [0.29, 0.717) is 30.7 Å². The first-order chi connectivity index (χ1) is 16.3. The molecule has 1 aromatic heterocycles. The zero-order chi connectivity index (χ0) is 24.8. The van der Waals surface area contributed by atoms with Crippen molar-refractivity contribution < 1.29 is 9.53 Å². The van der Waals surface area contributed by atoms with E-state index in [1.807, 2.05) is 24.6 Å². The molecule has 0 saturated heterocycles. The fourth-order valence-electron chi connectivity index (χ4n) is 5.25. The second-order valence-corrected chi connectivity index (χ2v) is 10.3. The minimum absolute atomic E-state index is 0.276. The smallest absolute Gasteiger partial charge is 0.359 e. The third kappa shape index (κ3) is 6.13. The van der Waals surface area contributed by atoms with Crippen molar-refractivity contribution in [2.45, 2.75) is 97.9 Å². The Hall–Kier alpha value is -2.07. The number of esters is 1. The minimum Gasteiger partial charge on any atom is -0.461 e. The average Bonchev–Trinajstić information content (AvgIpc) is 3.32. The lowest BCUT2D eigenvalue weighted by atomic mass is 9.87. The number of nitrogens with zero attached hydrogens (tertiary/aromatic N) is 2. The average molecular weight is 485 g/mol. The molecular weight excluding hydrogens is 444 g/mol. The third-order valence-electron chi connectivity index (χ3n) is 7.03. The third-order valence-corrected chi connectivity index (χ3v) is 7.44. The number of fused-ring (bicyclic) bond motifs is 3. The number of hydrogen-bond donors (Lipinski definition) is 0. The monoisotopic (exact) mass is 484 g/mol. The molecule has 34 heavy (non-hydrogen) atoms. The molecule has 0 amide bonds. The molecule has 4 nitrogen and oxygen atoms in total. The molecule has 1 saturated carbocycles. The molecule has 2 aliphatic rings. The van der Waals surface area contributed by atoms with E-state index in [2.05, 4.69) is 44.6 Å². The summed E-state index contributed by atoms with van der Waals surface area (Å²) in [6.45, 7) is 15.5. The predicted molar refractivity (Wildman–Crippen MR) is 141 cm³/mol. The molecule has 2 aromatic rings. The zero-order valence-electron chi connectivity index (χ0n) is 21.6. The van der Waals surface area contributed by atoms with Crippen LogP contribution in [0, 0.1) is 12.8 Å². The Labute approximate surface area is 210 Å². The molecule has 4 rings (SSSR count). The number of carbonyl (C=O) groups is 1. The molecule has 0 bridgehead atoms. The molecule has 3 unspecified atom stereocenters. The minimum atomic E-state index is -0.276. The Bertz CT molecular complexity index is 1010. The van der Waals surface area contributed by atoms with E-state index in [1.165, 1.54) is 55.3 Å².